The summed E-state index contributed by atoms with van der Waals surface area (Å²) in [6, 6.07) is 16.0. The van der Waals surface area contributed by atoms with Gasteiger partial charge in [0, 0.05) is 5.39 Å². The van der Waals surface area contributed by atoms with Crippen LogP contribution < -0.4 is 14.4 Å². The molecule has 0 aromatic heterocycles. The molecular formula is C23H24ClFN2O4S. The first-order chi connectivity index (χ1) is 15.2. The summed E-state index contributed by atoms with van der Waals surface area (Å²) in [7, 11) is -3.84. The van der Waals surface area contributed by atoms with E-state index in [0.29, 0.717) is 5.75 Å². The fourth-order valence-corrected chi connectivity index (χ4v) is 4.84. The molecule has 0 spiro atoms. The van der Waals surface area contributed by atoms with Crippen LogP contribution in [-0.2, 0) is 14.8 Å². The maximum Gasteiger partial charge on any atom is 0.244 e. The number of fused-ring (bicyclic) bond motifs is 1. The summed E-state index contributed by atoms with van der Waals surface area (Å²) >= 11 is 5.82. The standard InChI is InChI=1S/C23H24ClFN2O4S/c1-3-21(27(32(2,29)30)17-11-12-20(25)19(24)15-17)23(28)26-13-14-31-22-10-6-8-16-7-4-5-9-18(16)22/h4-12,15,21H,3,13-14H2,1-2H3,(H,26,28). The van der Waals surface area contributed by atoms with Crippen LogP contribution in [0.15, 0.2) is 60.7 Å². The highest BCUT2D eigenvalue weighted by Crippen LogP contribution is 2.27. The molecule has 0 bridgehead atoms. The van der Waals surface area contributed by atoms with Crippen LogP contribution in [0.1, 0.15) is 13.3 Å². The number of anilines is 1. The van der Waals surface area contributed by atoms with Gasteiger partial charge in [0.05, 0.1) is 23.5 Å². The van der Waals surface area contributed by atoms with Crippen molar-refractivity contribution in [1.29, 1.82) is 0 Å². The summed E-state index contributed by atoms with van der Waals surface area (Å²) in [6.07, 6.45) is 1.20. The molecule has 0 fully saturated rings. The summed E-state index contributed by atoms with van der Waals surface area (Å²) in [5, 5.41) is 4.50. The van der Waals surface area contributed by atoms with Gasteiger partial charge >= 0.3 is 0 Å². The largest absolute Gasteiger partial charge is 0.491 e. The topological polar surface area (TPSA) is 75.7 Å². The van der Waals surface area contributed by atoms with Crippen LogP contribution in [0.25, 0.3) is 10.8 Å². The van der Waals surface area contributed by atoms with Crippen molar-refractivity contribution in [3.8, 4) is 5.75 Å². The maximum atomic E-state index is 13.6. The minimum atomic E-state index is -3.84. The third-order valence-corrected chi connectivity index (χ3v) is 6.37. The molecule has 170 valence electrons. The number of nitrogens with one attached hydrogen (secondary N) is 1. The highest BCUT2D eigenvalue weighted by atomic mass is 35.5. The SMILES string of the molecule is CCC(C(=O)NCCOc1cccc2ccccc12)N(c1ccc(F)c(Cl)c1)S(C)(=O)=O. The minimum Gasteiger partial charge on any atom is -0.491 e. The Morgan fingerprint density at radius 3 is 2.56 bits per heavy atom. The van der Waals surface area contributed by atoms with E-state index in [1.54, 1.807) is 6.92 Å². The predicted molar refractivity (Wildman–Crippen MR) is 125 cm³/mol. The molecular weight excluding hydrogens is 455 g/mol. The Morgan fingerprint density at radius 1 is 1.16 bits per heavy atom. The Labute approximate surface area is 192 Å². The van der Waals surface area contributed by atoms with Gasteiger partial charge in [-0.05, 0) is 36.1 Å². The van der Waals surface area contributed by atoms with E-state index in [0.717, 1.165) is 27.4 Å². The second-order valence-corrected chi connectivity index (χ2v) is 9.46. The van der Waals surface area contributed by atoms with Crippen LogP contribution in [0.5, 0.6) is 5.75 Å². The number of sulfonamides is 1. The molecule has 0 aliphatic carbocycles. The van der Waals surface area contributed by atoms with E-state index >= 15 is 0 Å². The third kappa shape index (κ3) is 5.49. The molecule has 3 rings (SSSR count). The first kappa shape index (κ1) is 23.8. The summed E-state index contributed by atoms with van der Waals surface area (Å²) < 4.78 is 45.2. The summed E-state index contributed by atoms with van der Waals surface area (Å²) in [6.45, 7) is 2.08. The van der Waals surface area contributed by atoms with E-state index in [4.69, 9.17) is 16.3 Å². The lowest BCUT2D eigenvalue weighted by Crippen LogP contribution is -2.50. The molecule has 0 heterocycles. The number of amides is 1. The van der Waals surface area contributed by atoms with Crippen LogP contribution in [0.2, 0.25) is 5.02 Å². The fourth-order valence-electron chi connectivity index (χ4n) is 3.46. The minimum absolute atomic E-state index is 0.118. The molecule has 0 aliphatic heterocycles. The van der Waals surface area contributed by atoms with Crippen molar-refractivity contribution in [2.24, 2.45) is 0 Å². The quantitative estimate of drug-likeness (QED) is 0.463. The van der Waals surface area contributed by atoms with Gasteiger partial charge in [0.25, 0.3) is 0 Å². The van der Waals surface area contributed by atoms with Crippen molar-refractivity contribution in [3.05, 3.63) is 71.5 Å². The van der Waals surface area contributed by atoms with Gasteiger partial charge in [-0.15, -0.1) is 0 Å². The fraction of sp³-hybridized carbons (Fsp3) is 0.261. The second kappa shape index (κ2) is 10.2. The molecule has 32 heavy (non-hydrogen) atoms. The molecule has 0 aliphatic rings. The van der Waals surface area contributed by atoms with Gasteiger partial charge in [-0.2, -0.15) is 0 Å². The zero-order chi connectivity index (χ0) is 23.3. The zero-order valence-corrected chi connectivity index (χ0v) is 19.3. The van der Waals surface area contributed by atoms with Crippen molar-refractivity contribution < 1.29 is 22.3 Å². The number of halogens is 2. The molecule has 1 unspecified atom stereocenters. The molecule has 0 radical (unpaired) electrons. The molecule has 9 heteroatoms. The molecule has 3 aromatic rings. The molecule has 1 N–H and O–H groups in total. The van der Waals surface area contributed by atoms with Crippen LogP contribution in [0.4, 0.5) is 10.1 Å². The van der Waals surface area contributed by atoms with E-state index in [2.05, 4.69) is 5.32 Å². The Kier molecular flexibility index (Phi) is 7.58. The summed E-state index contributed by atoms with van der Waals surface area (Å²) in [5.41, 5.74) is 0.118. The van der Waals surface area contributed by atoms with E-state index in [1.165, 1.54) is 12.1 Å². The maximum absolute atomic E-state index is 13.6. The van der Waals surface area contributed by atoms with E-state index in [9.17, 15) is 17.6 Å². The van der Waals surface area contributed by atoms with Crippen LogP contribution >= 0.6 is 11.6 Å². The molecule has 0 saturated heterocycles. The van der Waals surface area contributed by atoms with Gasteiger partial charge in [-0.1, -0.05) is 54.9 Å². The highest BCUT2D eigenvalue weighted by Gasteiger charge is 2.31. The van der Waals surface area contributed by atoms with Crippen molar-refractivity contribution >= 4 is 44.0 Å². The van der Waals surface area contributed by atoms with Gasteiger partial charge in [-0.25, -0.2) is 12.8 Å². The monoisotopic (exact) mass is 478 g/mol. The molecule has 6 nitrogen and oxygen atoms in total. The number of hydrogen-bond acceptors (Lipinski definition) is 4. The van der Waals surface area contributed by atoms with Gasteiger partial charge < -0.3 is 10.1 Å². The Morgan fingerprint density at radius 2 is 1.88 bits per heavy atom. The number of carbonyl (C=O) groups is 1. The average Bonchev–Trinajstić information content (AvgIpc) is 2.76. The normalized spacial score (nSPS) is 12.4. The predicted octanol–water partition coefficient (Wildman–Crippen LogP) is 4.37. The van der Waals surface area contributed by atoms with E-state index < -0.39 is 27.8 Å². The number of ether oxygens (including phenoxy) is 1. The van der Waals surface area contributed by atoms with Gasteiger partial charge in [0.2, 0.25) is 15.9 Å². The molecule has 1 atom stereocenters. The van der Waals surface area contributed by atoms with Gasteiger partial charge in [-0.3, -0.25) is 9.10 Å². The second-order valence-electron chi connectivity index (χ2n) is 7.20. The number of nitrogens with zero attached hydrogens (tertiary/aromatic N) is 1. The third-order valence-electron chi connectivity index (χ3n) is 4.90. The first-order valence-corrected chi connectivity index (χ1v) is 12.3. The number of rotatable bonds is 9. The molecule has 1 amide bonds. The lowest BCUT2D eigenvalue weighted by Gasteiger charge is -2.30. The highest BCUT2D eigenvalue weighted by molar-refractivity contribution is 7.92. The number of benzene rings is 3. The van der Waals surface area contributed by atoms with Crippen molar-refractivity contribution in [2.75, 3.05) is 23.7 Å². The summed E-state index contributed by atoms with van der Waals surface area (Å²) in [4.78, 5) is 12.8. The Bertz CT molecular complexity index is 1210. The van der Waals surface area contributed by atoms with E-state index in [-0.39, 0.29) is 30.3 Å². The lowest BCUT2D eigenvalue weighted by atomic mass is 10.1. The van der Waals surface area contributed by atoms with Crippen LogP contribution in [0, 0.1) is 5.82 Å². The number of hydrogen-bond donors (Lipinski definition) is 1. The summed E-state index contributed by atoms with van der Waals surface area (Å²) in [5.74, 6) is -0.463. The van der Waals surface area contributed by atoms with Crippen LogP contribution in [-0.4, -0.2) is 39.8 Å². The van der Waals surface area contributed by atoms with Gasteiger partial charge in [0.15, 0.2) is 0 Å². The number of carbonyl (C=O) groups excluding carboxylic acids is 1. The smallest absolute Gasteiger partial charge is 0.244 e. The van der Waals surface area contributed by atoms with E-state index in [1.807, 2.05) is 42.5 Å². The zero-order valence-electron chi connectivity index (χ0n) is 17.7. The van der Waals surface area contributed by atoms with Crippen molar-refractivity contribution in [2.45, 2.75) is 19.4 Å². The van der Waals surface area contributed by atoms with Crippen molar-refractivity contribution in [3.63, 3.8) is 0 Å². The average molecular weight is 479 g/mol. The van der Waals surface area contributed by atoms with Crippen molar-refractivity contribution in [1.82, 2.24) is 5.32 Å². The Balaban J connectivity index is 1.69. The van der Waals surface area contributed by atoms with Gasteiger partial charge in [0.1, 0.15) is 24.2 Å². The lowest BCUT2D eigenvalue weighted by molar-refractivity contribution is -0.122. The molecule has 3 aromatic carbocycles. The Hall–Kier alpha value is -2.84. The van der Waals surface area contributed by atoms with Crippen LogP contribution in [0.3, 0.4) is 0 Å². The first-order valence-electron chi connectivity index (χ1n) is 10.0. The molecule has 0 saturated carbocycles.